The second-order valence-electron chi connectivity index (χ2n) is 7.88. The fourth-order valence-corrected chi connectivity index (χ4v) is 4.31. The van der Waals surface area contributed by atoms with Gasteiger partial charge in [0.2, 0.25) is 5.91 Å². The minimum Gasteiger partial charge on any atom is -0.349 e. The average Bonchev–Trinajstić information content (AvgIpc) is 3.52. The minimum atomic E-state index is -0.0889. The van der Waals surface area contributed by atoms with Crippen molar-refractivity contribution in [2.75, 3.05) is 11.1 Å². The summed E-state index contributed by atoms with van der Waals surface area (Å²) in [6, 6.07) is 13.8. The maximum atomic E-state index is 12.7. The number of anilines is 1. The zero-order chi connectivity index (χ0) is 21.3. The minimum absolute atomic E-state index is 0.0756. The van der Waals surface area contributed by atoms with E-state index in [9.17, 15) is 9.59 Å². The highest BCUT2D eigenvalue weighted by atomic mass is 32.2. The van der Waals surface area contributed by atoms with Crippen LogP contribution in [0.5, 0.6) is 0 Å². The number of carbonyl (C=O) groups is 2. The van der Waals surface area contributed by atoms with E-state index in [4.69, 9.17) is 0 Å². The normalized spacial score (nSPS) is 13.3. The summed E-state index contributed by atoms with van der Waals surface area (Å²) in [6.07, 6.45) is 2.07. The van der Waals surface area contributed by atoms with Crippen LogP contribution in [0.2, 0.25) is 0 Å². The Balaban J connectivity index is 1.51. The van der Waals surface area contributed by atoms with Gasteiger partial charge in [-0.1, -0.05) is 47.7 Å². The van der Waals surface area contributed by atoms with Crippen molar-refractivity contribution in [2.24, 2.45) is 0 Å². The largest absolute Gasteiger partial charge is 0.349 e. The molecule has 2 N–H and O–H groups in total. The molecule has 0 aliphatic heterocycles. The number of rotatable bonds is 6. The molecule has 2 aromatic carbocycles. The molecule has 4 rings (SSSR count). The molecule has 0 saturated heterocycles. The molecule has 0 spiro atoms. The number of fused-ring (bicyclic) bond motifs is 1. The van der Waals surface area contributed by atoms with Gasteiger partial charge in [0.05, 0.1) is 21.9 Å². The molecule has 1 aromatic heterocycles. The fourth-order valence-electron chi connectivity index (χ4n) is 3.60. The Morgan fingerprint density at radius 3 is 2.47 bits per heavy atom. The van der Waals surface area contributed by atoms with E-state index in [-0.39, 0.29) is 23.6 Å². The van der Waals surface area contributed by atoms with Gasteiger partial charge in [-0.25, -0.2) is 4.98 Å². The molecular weight excluding hydrogens is 394 g/mol. The monoisotopic (exact) mass is 419 g/mol. The lowest BCUT2D eigenvalue weighted by Gasteiger charge is -2.13. The molecule has 0 radical (unpaired) electrons. The number of carbonyl (C=O) groups excluding carboxylic acids is 2. The lowest BCUT2D eigenvalue weighted by atomic mass is 10.1. The number of aryl methyl sites for hydroxylation is 3. The highest BCUT2D eigenvalue weighted by molar-refractivity contribution is 7.99. The van der Waals surface area contributed by atoms with E-state index in [1.807, 2.05) is 45.0 Å². The zero-order valence-electron chi connectivity index (χ0n) is 17.4. The second kappa shape index (κ2) is 8.48. The van der Waals surface area contributed by atoms with Crippen molar-refractivity contribution < 1.29 is 9.59 Å². The number of amides is 2. The van der Waals surface area contributed by atoms with Crippen LogP contribution in [0, 0.1) is 20.8 Å². The van der Waals surface area contributed by atoms with E-state index in [0.29, 0.717) is 10.6 Å². The molecule has 1 heterocycles. The van der Waals surface area contributed by atoms with E-state index in [2.05, 4.69) is 27.8 Å². The Bertz CT molecular complexity index is 1120. The molecule has 0 bridgehead atoms. The molecule has 1 fully saturated rings. The quantitative estimate of drug-likeness (QED) is 0.564. The first kappa shape index (κ1) is 20.4. The first-order valence-electron chi connectivity index (χ1n) is 10.1. The van der Waals surface area contributed by atoms with Crippen LogP contribution >= 0.6 is 11.8 Å². The molecule has 1 saturated carbocycles. The number of nitrogens with one attached hydrogen (secondary N) is 2. The predicted molar refractivity (Wildman–Crippen MR) is 122 cm³/mol. The number of hydrogen-bond donors (Lipinski definition) is 2. The first-order valence-corrected chi connectivity index (χ1v) is 11.1. The van der Waals surface area contributed by atoms with Crippen molar-refractivity contribution >= 4 is 40.2 Å². The summed E-state index contributed by atoms with van der Waals surface area (Å²) < 4.78 is 0. The number of nitrogens with zero attached hydrogens (tertiary/aromatic N) is 1. The Hall–Kier alpha value is -2.86. The molecule has 2 amide bonds. The van der Waals surface area contributed by atoms with Gasteiger partial charge >= 0.3 is 0 Å². The molecule has 0 unspecified atom stereocenters. The van der Waals surface area contributed by atoms with E-state index in [1.165, 1.54) is 17.3 Å². The third kappa shape index (κ3) is 4.65. The maximum absolute atomic E-state index is 12.7. The summed E-state index contributed by atoms with van der Waals surface area (Å²) in [4.78, 5) is 29.9. The summed E-state index contributed by atoms with van der Waals surface area (Å²) in [6.45, 7) is 6.04. The molecule has 1 aliphatic carbocycles. The van der Waals surface area contributed by atoms with Crippen molar-refractivity contribution in [1.82, 2.24) is 10.3 Å². The number of para-hydroxylation sites is 1. The summed E-state index contributed by atoms with van der Waals surface area (Å²) >= 11 is 1.34. The summed E-state index contributed by atoms with van der Waals surface area (Å²) in [5.41, 5.74) is 5.51. The standard InChI is InChI=1S/C24H25N3O2S/c1-14-10-15(2)23(16(3)11-14)27-21(28)13-30-22-12-19(24(29)25-17-8-9-17)18-6-4-5-7-20(18)26-22/h4-7,10-12,17H,8-9,13H2,1-3H3,(H,25,29)(H,27,28). The molecule has 0 atom stereocenters. The summed E-state index contributed by atoms with van der Waals surface area (Å²) in [7, 11) is 0. The summed E-state index contributed by atoms with van der Waals surface area (Å²) in [5, 5.41) is 7.56. The van der Waals surface area contributed by atoms with Gasteiger partial charge in [0.15, 0.2) is 0 Å². The van der Waals surface area contributed by atoms with Crippen LogP contribution in [0.1, 0.15) is 39.9 Å². The molecule has 30 heavy (non-hydrogen) atoms. The van der Waals surface area contributed by atoms with Crippen molar-refractivity contribution in [1.29, 1.82) is 0 Å². The van der Waals surface area contributed by atoms with Gasteiger partial charge < -0.3 is 10.6 Å². The van der Waals surface area contributed by atoms with Gasteiger partial charge in [-0.05, 0) is 56.9 Å². The molecule has 154 valence electrons. The van der Waals surface area contributed by atoms with Gasteiger partial charge in [0, 0.05) is 17.1 Å². The van der Waals surface area contributed by atoms with Gasteiger partial charge in [-0.15, -0.1) is 0 Å². The third-order valence-electron chi connectivity index (χ3n) is 5.14. The topological polar surface area (TPSA) is 71.1 Å². The zero-order valence-corrected chi connectivity index (χ0v) is 18.2. The van der Waals surface area contributed by atoms with Gasteiger partial charge in [0.1, 0.15) is 0 Å². The van der Waals surface area contributed by atoms with Crippen molar-refractivity contribution in [3.05, 3.63) is 64.7 Å². The molecule has 6 heteroatoms. The number of pyridine rings is 1. The lowest BCUT2D eigenvalue weighted by Crippen LogP contribution is -2.25. The van der Waals surface area contributed by atoms with E-state index in [1.54, 1.807) is 6.07 Å². The maximum Gasteiger partial charge on any atom is 0.252 e. The second-order valence-corrected chi connectivity index (χ2v) is 8.88. The van der Waals surface area contributed by atoms with Crippen LogP contribution in [-0.4, -0.2) is 28.6 Å². The van der Waals surface area contributed by atoms with Crippen molar-refractivity contribution in [3.63, 3.8) is 0 Å². The molecule has 5 nitrogen and oxygen atoms in total. The average molecular weight is 420 g/mol. The van der Waals surface area contributed by atoms with Crippen molar-refractivity contribution in [3.8, 4) is 0 Å². The number of hydrogen-bond acceptors (Lipinski definition) is 4. The van der Waals surface area contributed by atoms with E-state index in [0.717, 1.165) is 40.6 Å². The van der Waals surface area contributed by atoms with Crippen LogP contribution in [0.3, 0.4) is 0 Å². The smallest absolute Gasteiger partial charge is 0.252 e. The molecule has 3 aromatic rings. The van der Waals surface area contributed by atoms with E-state index >= 15 is 0 Å². The highest BCUT2D eigenvalue weighted by Crippen LogP contribution is 2.27. The fraction of sp³-hybridized carbons (Fsp3) is 0.292. The Labute approximate surface area is 180 Å². The molecular formula is C24H25N3O2S. The van der Waals surface area contributed by atoms with E-state index < -0.39 is 0 Å². The third-order valence-corrected chi connectivity index (χ3v) is 6.05. The van der Waals surface area contributed by atoms with Gasteiger partial charge in [-0.3, -0.25) is 9.59 Å². The number of thioether (sulfide) groups is 1. The van der Waals surface area contributed by atoms with Crippen LogP contribution < -0.4 is 10.6 Å². The van der Waals surface area contributed by atoms with Crippen LogP contribution in [0.25, 0.3) is 10.9 Å². The van der Waals surface area contributed by atoms with Crippen molar-refractivity contribution in [2.45, 2.75) is 44.7 Å². The van der Waals surface area contributed by atoms with Gasteiger partial charge in [-0.2, -0.15) is 0 Å². The Morgan fingerprint density at radius 1 is 1.07 bits per heavy atom. The summed E-state index contributed by atoms with van der Waals surface area (Å²) in [5.74, 6) is 0.0595. The van der Waals surface area contributed by atoms with Crippen LogP contribution in [0.4, 0.5) is 5.69 Å². The Kier molecular flexibility index (Phi) is 5.77. The predicted octanol–water partition coefficient (Wildman–Crippen LogP) is 4.78. The number of benzene rings is 2. The number of aromatic nitrogens is 1. The Morgan fingerprint density at radius 2 is 1.77 bits per heavy atom. The molecule has 1 aliphatic rings. The van der Waals surface area contributed by atoms with Crippen LogP contribution in [-0.2, 0) is 4.79 Å². The first-order chi connectivity index (χ1) is 14.4. The lowest BCUT2D eigenvalue weighted by molar-refractivity contribution is -0.113. The van der Waals surface area contributed by atoms with Crippen LogP contribution in [0.15, 0.2) is 47.5 Å². The van der Waals surface area contributed by atoms with Gasteiger partial charge in [0.25, 0.3) is 5.91 Å². The highest BCUT2D eigenvalue weighted by Gasteiger charge is 2.25. The SMILES string of the molecule is Cc1cc(C)c(NC(=O)CSc2cc(C(=O)NC3CC3)c3ccccc3n2)c(C)c1.